The summed E-state index contributed by atoms with van der Waals surface area (Å²) in [4.78, 5) is 13.9. The van der Waals surface area contributed by atoms with Crippen molar-refractivity contribution in [2.75, 3.05) is 6.61 Å². The van der Waals surface area contributed by atoms with Crippen LogP contribution in [0.4, 0.5) is 0 Å². The standard InChI is InChI=1S/C31H31N3O3/c1-3-5-8-20(4-2)19-37-31-33-29(32-30(34-31)27-14-13-26(35)18-28(27)36)24-12-11-23-15-21-9-6-7-10-22(21)16-25(23)17-24/h6-7,9-18,20,35-36H,3-5,8,19H2,1-2H3. The number of unbranched alkanes of at least 4 members (excludes halogenated alkanes) is 1. The van der Waals surface area contributed by atoms with Crippen molar-refractivity contribution in [2.24, 2.45) is 5.92 Å². The van der Waals surface area contributed by atoms with Crippen molar-refractivity contribution in [2.45, 2.75) is 39.5 Å². The second-order valence-electron chi connectivity index (χ2n) is 9.46. The number of hydrogen-bond acceptors (Lipinski definition) is 6. The van der Waals surface area contributed by atoms with Gasteiger partial charge in [-0.1, -0.05) is 69.5 Å². The van der Waals surface area contributed by atoms with Gasteiger partial charge < -0.3 is 14.9 Å². The fraction of sp³-hybridized carbons (Fsp3) is 0.258. The predicted molar refractivity (Wildman–Crippen MR) is 148 cm³/mol. The molecule has 6 nitrogen and oxygen atoms in total. The van der Waals surface area contributed by atoms with Crippen LogP contribution < -0.4 is 4.74 Å². The van der Waals surface area contributed by atoms with Crippen molar-refractivity contribution in [1.82, 2.24) is 15.0 Å². The van der Waals surface area contributed by atoms with E-state index >= 15 is 0 Å². The van der Waals surface area contributed by atoms with Crippen molar-refractivity contribution in [3.8, 4) is 40.3 Å². The monoisotopic (exact) mass is 493 g/mol. The van der Waals surface area contributed by atoms with Crippen molar-refractivity contribution in [1.29, 1.82) is 0 Å². The molecule has 0 spiro atoms. The molecule has 1 aromatic heterocycles. The summed E-state index contributed by atoms with van der Waals surface area (Å²) in [5.41, 5.74) is 1.23. The smallest absolute Gasteiger partial charge is 0.320 e. The third-order valence-electron chi connectivity index (χ3n) is 6.79. The number of phenols is 2. The highest BCUT2D eigenvalue weighted by Gasteiger charge is 2.16. The molecule has 0 aliphatic carbocycles. The first-order valence-corrected chi connectivity index (χ1v) is 12.9. The van der Waals surface area contributed by atoms with Gasteiger partial charge in [-0.15, -0.1) is 0 Å². The zero-order valence-corrected chi connectivity index (χ0v) is 21.2. The number of fused-ring (bicyclic) bond motifs is 2. The molecule has 5 aromatic rings. The molecule has 0 bridgehead atoms. The Labute approximate surface area is 216 Å². The van der Waals surface area contributed by atoms with Gasteiger partial charge in [0, 0.05) is 11.6 Å². The highest BCUT2D eigenvalue weighted by Crippen LogP contribution is 2.33. The Kier molecular flexibility index (Phi) is 7.17. The van der Waals surface area contributed by atoms with E-state index in [2.05, 4.69) is 65.2 Å². The molecule has 5 rings (SSSR count). The molecule has 0 fully saturated rings. The normalized spacial score (nSPS) is 12.2. The molecule has 1 unspecified atom stereocenters. The third kappa shape index (κ3) is 5.48. The van der Waals surface area contributed by atoms with Gasteiger partial charge in [0.1, 0.15) is 11.5 Å². The summed E-state index contributed by atoms with van der Waals surface area (Å²) < 4.78 is 6.10. The first-order valence-electron chi connectivity index (χ1n) is 12.9. The third-order valence-corrected chi connectivity index (χ3v) is 6.79. The molecular weight excluding hydrogens is 462 g/mol. The summed E-state index contributed by atoms with van der Waals surface area (Å²) in [6.45, 7) is 4.88. The van der Waals surface area contributed by atoms with Crippen LogP contribution in [0.15, 0.2) is 72.8 Å². The number of hydrogen-bond donors (Lipinski definition) is 2. The maximum absolute atomic E-state index is 10.5. The van der Waals surface area contributed by atoms with Gasteiger partial charge in [-0.05, 0) is 64.2 Å². The minimum Gasteiger partial charge on any atom is -0.508 e. The van der Waals surface area contributed by atoms with E-state index in [1.54, 1.807) is 6.07 Å². The second-order valence-corrected chi connectivity index (χ2v) is 9.46. The molecule has 188 valence electrons. The number of aromatic hydroxyl groups is 2. The van der Waals surface area contributed by atoms with E-state index in [-0.39, 0.29) is 23.3 Å². The molecule has 2 N–H and O–H groups in total. The molecule has 0 amide bonds. The van der Waals surface area contributed by atoms with Gasteiger partial charge in [0.25, 0.3) is 0 Å². The number of nitrogens with zero attached hydrogens (tertiary/aromatic N) is 3. The van der Waals surface area contributed by atoms with E-state index in [0.29, 0.717) is 23.9 Å². The van der Waals surface area contributed by atoms with Crippen LogP contribution >= 0.6 is 0 Å². The number of rotatable bonds is 9. The zero-order chi connectivity index (χ0) is 25.8. The fourth-order valence-corrected chi connectivity index (χ4v) is 4.55. The van der Waals surface area contributed by atoms with E-state index in [9.17, 15) is 10.2 Å². The van der Waals surface area contributed by atoms with Crippen LogP contribution in [-0.2, 0) is 0 Å². The lowest BCUT2D eigenvalue weighted by atomic mass is 10.0. The summed E-state index contributed by atoms with van der Waals surface area (Å²) >= 11 is 0. The Balaban J connectivity index is 1.56. The maximum atomic E-state index is 10.5. The molecule has 0 aliphatic heterocycles. The fourth-order valence-electron chi connectivity index (χ4n) is 4.55. The zero-order valence-electron chi connectivity index (χ0n) is 21.2. The van der Waals surface area contributed by atoms with Gasteiger partial charge in [-0.25, -0.2) is 4.98 Å². The summed E-state index contributed by atoms with van der Waals surface area (Å²) in [7, 11) is 0. The number of benzene rings is 4. The highest BCUT2D eigenvalue weighted by molar-refractivity contribution is 5.99. The van der Waals surface area contributed by atoms with Crippen LogP contribution in [0.2, 0.25) is 0 Å². The van der Waals surface area contributed by atoms with Crippen molar-refractivity contribution in [3.05, 3.63) is 72.8 Å². The van der Waals surface area contributed by atoms with Gasteiger partial charge in [0.15, 0.2) is 11.6 Å². The lowest BCUT2D eigenvalue weighted by Gasteiger charge is -2.15. The largest absolute Gasteiger partial charge is 0.508 e. The van der Waals surface area contributed by atoms with E-state index in [1.807, 2.05) is 18.2 Å². The number of aromatic nitrogens is 3. The average Bonchev–Trinajstić information content (AvgIpc) is 2.91. The Hall–Kier alpha value is -4.19. The average molecular weight is 494 g/mol. The highest BCUT2D eigenvalue weighted by atomic mass is 16.5. The molecule has 4 aromatic carbocycles. The SMILES string of the molecule is CCCCC(CC)COc1nc(-c2ccc3cc4ccccc4cc3c2)nc(-c2ccc(O)cc2O)n1. The maximum Gasteiger partial charge on any atom is 0.320 e. The predicted octanol–water partition coefficient (Wildman–Crippen LogP) is 7.52. The van der Waals surface area contributed by atoms with Crippen molar-refractivity contribution < 1.29 is 14.9 Å². The van der Waals surface area contributed by atoms with E-state index < -0.39 is 0 Å². The lowest BCUT2D eigenvalue weighted by molar-refractivity contribution is 0.217. The summed E-state index contributed by atoms with van der Waals surface area (Å²) in [6.07, 6.45) is 4.41. The first kappa shape index (κ1) is 24.5. The van der Waals surface area contributed by atoms with Crippen LogP contribution in [0.3, 0.4) is 0 Å². The first-order chi connectivity index (χ1) is 18.0. The van der Waals surface area contributed by atoms with Gasteiger partial charge in [0.05, 0.1) is 12.2 Å². The van der Waals surface area contributed by atoms with Crippen molar-refractivity contribution in [3.63, 3.8) is 0 Å². The van der Waals surface area contributed by atoms with Gasteiger partial charge in [-0.3, -0.25) is 0 Å². The molecule has 37 heavy (non-hydrogen) atoms. The van der Waals surface area contributed by atoms with E-state index in [4.69, 9.17) is 4.74 Å². The molecule has 0 saturated heterocycles. The van der Waals surface area contributed by atoms with Crippen LogP contribution in [0.25, 0.3) is 44.3 Å². The summed E-state index contributed by atoms with van der Waals surface area (Å²) in [5.74, 6) is 1.03. The minimum absolute atomic E-state index is 0.0320. The van der Waals surface area contributed by atoms with E-state index in [0.717, 1.165) is 42.0 Å². The second kappa shape index (κ2) is 10.8. The van der Waals surface area contributed by atoms with Gasteiger partial charge in [0.2, 0.25) is 0 Å². The number of ether oxygens (including phenoxy) is 1. The Bertz CT molecular complexity index is 1550. The topological polar surface area (TPSA) is 88.4 Å². The Morgan fingerprint density at radius 1 is 0.757 bits per heavy atom. The minimum atomic E-state index is -0.109. The quantitative estimate of drug-likeness (QED) is 0.206. The number of phenolic OH excluding ortho intramolecular Hbond substituents is 2. The van der Waals surface area contributed by atoms with Crippen molar-refractivity contribution >= 4 is 21.5 Å². The molecule has 0 radical (unpaired) electrons. The molecule has 1 atom stereocenters. The van der Waals surface area contributed by atoms with Gasteiger partial charge >= 0.3 is 6.01 Å². The van der Waals surface area contributed by atoms with Crippen LogP contribution in [0, 0.1) is 5.92 Å². The lowest BCUT2D eigenvalue weighted by Crippen LogP contribution is -2.13. The van der Waals surface area contributed by atoms with Crippen LogP contribution in [0.5, 0.6) is 17.5 Å². The van der Waals surface area contributed by atoms with Crippen LogP contribution in [-0.4, -0.2) is 31.8 Å². The summed E-state index contributed by atoms with van der Waals surface area (Å²) in [6, 6.07) is 23.4. The Morgan fingerprint density at radius 3 is 2.22 bits per heavy atom. The molecular formula is C31H31N3O3. The molecule has 1 heterocycles. The molecule has 6 heteroatoms. The molecule has 0 saturated carbocycles. The van der Waals surface area contributed by atoms with Crippen LogP contribution in [0.1, 0.15) is 39.5 Å². The Morgan fingerprint density at radius 2 is 1.49 bits per heavy atom. The van der Waals surface area contributed by atoms with E-state index in [1.165, 1.54) is 22.9 Å². The summed E-state index contributed by atoms with van der Waals surface area (Å²) in [5, 5.41) is 24.8. The van der Waals surface area contributed by atoms with Gasteiger partial charge in [-0.2, -0.15) is 9.97 Å². The molecule has 0 aliphatic rings.